The van der Waals surface area contributed by atoms with Crippen LogP contribution in [0.3, 0.4) is 0 Å². The minimum absolute atomic E-state index is 0.00765. The number of hydrogen-bond donors (Lipinski definition) is 1. The third-order valence-electron chi connectivity index (χ3n) is 3.73. The molecule has 1 N–H and O–H groups in total. The molecule has 0 bridgehead atoms. The van der Waals surface area contributed by atoms with Crippen LogP contribution in [0.15, 0.2) is 53.3 Å². The number of carboxylic acids is 1. The van der Waals surface area contributed by atoms with E-state index < -0.39 is 5.97 Å². The maximum atomic E-state index is 12.8. The Bertz CT molecular complexity index is 768. The maximum Gasteiger partial charge on any atom is 0.303 e. The molecule has 0 aliphatic heterocycles. The number of amides is 1. The van der Waals surface area contributed by atoms with Crippen LogP contribution in [0.25, 0.3) is 0 Å². The topological polar surface area (TPSA) is 79.6 Å². The Morgan fingerprint density at radius 2 is 1.79 bits per heavy atom. The lowest BCUT2D eigenvalue weighted by molar-refractivity contribution is -0.137. The van der Waals surface area contributed by atoms with Crippen LogP contribution >= 0.6 is 0 Å². The standard InChI is InChI=1S/C18H20N2O4/c1-19-15(9-5-10-16(19)21)18(24)20(12-6-11-17(22)23)13-14-7-3-2-4-8-14/h2-5,7-10H,6,11-13H2,1H3,(H,22,23). The van der Waals surface area contributed by atoms with Crippen molar-refractivity contribution in [3.63, 3.8) is 0 Å². The van der Waals surface area contributed by atoms with Crippen LogP contribution in [0.5, 0.6) is 0 Å². The van der Waals surface area contributed by atoms with Gasteiger partial charge in [-0.2, -0.15) is 0 Å². The Labute approximate surface area is 140 Å². The lowest BCUT2D eigenvalue weighted by Crippen LogP contribution is -2.35. The summed E-state index contributed by atoms with van der Waals surface area (Å²) in [6.45, 7) is 0.672. The molecule has 0 atom stereocenters. The Hall–Kier alpha value is -2.89. The highest BCUT2D eigenvalue weighted by Gasteiger charge is 2.19. The van der Waals surface area contributed by atoms with Gasteiger partial charge in [0.2, 0.25) is 0 Å². The van der Waals surface area contributed by atoms with Crippen LogP contribution in [0, 0.1) is 0 Å². The number of hydrogen-bond acceptors (Lipinski definition) is 3. The summed E-state index contributed by atoms with van der Waals surface area (Å²) in [5.74, 6) is -1.18. The molecule has 0 saturated carbocycles. The predicted octanol–water partition coefficient (Wildman–Crippen LogP) is 1.89. The molecule has 0 aliphatic carbocycles. The van der Waals surface area contributed by atoms with Gasteiger partial charge < -0.3 is 14.6 Å². The average molecular weight is 328 g/mol. The predicted molar refractivity (Wildman–Crippen MR) is 89.7 cm³/mol. The summed E-state index contributed by atoms with van der Waals surface area (Å²) < 4.78 is 1.30. The lowest BCUT2D eigenvalue weighted by Gasteiger charge is -2.23. The van der Waals surface area contributed by atoms with E-state index in [1.54, 1.807) is 24.1 Å². The van der Waals surface area contributed by atoms with E-state index in [1.807, 2.05) is 30.3 Å². The Morgan fingerprint density at radius 3 is 2.46 bits per heavy atom. The molecule has 126 valence electrons. The zero-order valence-corrected chi connectivity index (χ0v) is 13.5. The molecular weight excluding hydrogens is 308 g/mol. The Morgan fingerprint density at radius 1 is 1.08 bits per heavy atom. The second kappa shape index (κ2) is 8.10. The first-order valence-electron chi connectivity index (χ1n) is 7.70. The number of carbonyl (C=O) groups is 2. The summed E-state index contributed by atoms with van der Waals surface area (Å²) in [6.07, 6.45) is 0.348. The molecule has 0 aliphatic rings. The van der Waals surface area contributed by atoms with Crippen molar-refractivity contribution in [1.82, 2.24) is 9.47 Å². The van der Waals surface area contributed by atoms with E-state index in [4.69, 9.17) is 5.11 Å². The van der Waals surface area contributed by atoms with Crippen LogP contribution in [0.1, 0.15) is 28.9 Å². The number of carbonyl (C=O) groups excluding carboxylic acids is 1. The summed E-state index contributed by atoms with van der Waals surface area (Å²) in [5.41, 5.74) is 0.974. The fourth-order valence-corrected chi connectivity index (χ4v) is 2.42. The summed E-state index contributed by atoms with van der Waals surface area (Å²) in [5, 5.41) is 8.80. The zero-order valence-electron chi connectivity index (χ0n) is 13.5. The van der Waals surface area contributed by atoms with Crippen molar-refractivity contribution in [1.29, 1.82) is 0 Å². The molecule has 0 saturated heterocycles. The number of benzene rings is 1. The van der Waals surface area contributed by atoms with Gasteiger partial charge >= 0.3 is 5.97 Å². The Kier molecular flexibility index (Phi) is 5.89. The summed E-state index contributed by atoms with van der Waals surface area (Å²) in [7, 11) is 1.55. The first-order valence-corrected chi connectivity index (χ1v) is 7.70. The SMILES string of the molecule is Cn1c(C(=O)N(CCCC(=O)O)Cc2ccccc2)cccc1=O. The van der Waals surface area contributed by atoms with Gasteiger partial charge in [-0.25, -0.2) is 0 Å². The van der Waals surface area contributed by atoms with Crippen molar-refractivity contribution in [3.05, 3.63) is 70.1 Å². The second-order valence-corrected chi connectivity index (χ2v) is 5.52. The van der Waals surface area contributed by atoms with E-state index in [9.17, 15) is 14.4 Å². The summed E-state index contributed by atoms with van der Waals surface area (Å²) in [6, 6.07) is 14.0. The lowest BCUT2D eigenvalue weighted by atomic mass is 10.2. The maximum absolute atomic E-state index is 12.8. The van der Waals surface area contributed by atoms with E-state index in [1.165, 1.54) is 10.6 Å². The van der Waals surface area contributed by atoms with Gasteiger partial charge in [0.25, 0.3) is 11.5 Å². The molecule has 1 aromatic carbocycles. The molecule has 1 heterocycles. The molecule has 0 unspecified atom stereocenters. The highest BCUT2D eigenvalue weighted by molar-refractivity contribution is 5.92. The third-order valence-corrected chi connectivity index (χ3v) is 3.73. The van der Waals surface area contributed by atoms with Crippen LogP contribution in [-0.4, -0.2) is 33.0 Å². The molecule has 0 radical (unpaired) electrons. The smallest absolute Gasteiger partial charge is 0.303 e. The van der Waals surface area contributed by atoms with Gasteiger partial charge in [-0.05, 0) is 18.1 Å². The van der Waals surface area contributed by atoms with Crippen molar-refractivity contribution in [2.24, 2.45) is 7.05 Å². The highest BCUT2D eigenvalue weighted by atomic mass is 16.4. The van der Waals surface area contributed by atoms with E-state index in [0.29, 0.717) is 19.5 Å². The molecule has 1 amide bonds. The largest absolute Gasteiger partial charge is 0.481 e. The molecule has 0 spiro atoms. The Balaban J connectivity index is 2.23. The number of aromatic nitrogens is 1. The van der Waals surface area contributed by atoms with Crippen LogP contribution in [0.2, 0.25) is 0 Å². The number of pyridine rings is 1. The monoisotopic (exact) mass is 328 g/mol. The normalized spacial score (nSPS) is 10.4. The number of rotatable bonds is 7. The first kappa shape index (κ1) is 17.5. The minimum Gasteiger partial charge on any atom is -0.481 e. The minimum atomic E-state index is -0.894. The van der Waals surface area contributed by atoms with Crippen molar-refractivity contribution >= 4 is 11.9 Å². The second-order valence-electron chi connectivity index (χ2n) is 5.52. The molecule has 1 aromatic heterocycles. The molecule has 2 rings (SSSR count). The van der Waals surface area contributed by atoms with Gasteiger partial charge in [-0.15, -0.1) is 0 Å². The van der Waals surface area contributed by atoms with Crippen molar-refractivity contribution in [2.45, 2.75) is 19.4 Å². The van der Waals surface area contributed by atoms with Crippen LogP contribution in [0.4, 0.5) is 0 Å². The fraction of sp³-hybridized carbons (Fsp3) is 0.278. The van der Waals surface area contributed by atoms with Gasteiger partial charge in [0, 0.05) is 32.6 Å². The van der Waals surface area contributed by atoms with Crippen molar-refractivity contribution < 1.29 is 14.7 Å². The number of aliphatic carboxylic acids is 1. The molecule has 2 aromatic rings. The van der Waals surface area contributed by atoms with Gasteiger partial charge in [0.15, 0.2) is 0 Å². The van der Waals surface area contributed by atoms with Crippen molar-refractivity contribution in [3.8, 4) is 0 Å². The molecule has 6 nitrogen and oxygen atoms in total. The number of nitrogens with zero attached hydrogens (tertiary/aromatic N) is 2. The number of carboxylic acid groups (broad SMARTS) is 1. The zero-order chi connectivity index (χ0) is 17.5. The van der Waals surface area contributed by atoms with Gasteiger partial charge in [0.1, 0.15) is 5.69 Å². The first-order chi connectivity index (χ1) is 11.5. The van der Waals surface area contributed by atoms with Crippen molar-refractivity contribution in [2.75, 3.05) is 6.54 Å². The van der Waals surface area contributed by atoms with Gasteiger partial charge in [0.05, 0.1) is 0 Å². The average Bonchev–Trinajstić information content (AvgIpc) is 2.56. The molecular formula is C18H20N2O4. The van der Waals surface area contributed by atoms with E-state index in [2.05, 4.69) is 0 Å². The molecule has 24 heavy (non-hydrogen) atoms. The van der Waals surface area contributed by atoms with Gasteiger partial charge in [-0.3, -0.25) is 14.4 Å². The van der Waals surface area contributed by atoms with E-state index >= 15 is 0 Å². The highest BCUT2D eigenvalue weighted by Crippen LogP contribution is 2.10. The molecule has 6 heteroatoms. The summed E-state index contributed by atoms with van der Waals surface area (Å²) in [4.78, 5) is 36.9. The van der Waals surface area contributed by atoms with Gasteiger partial charge in [-0.1, -0.05) is 36.4 Å². The third kappa shape index (κ3) is 4.55. The fourth-order valence-electron chi connectivity index (χ4n) is 2.42. The van der Waals surface area contributed by atoms with E-state index in [-0.39, 0.29) is 23.6 Å². The van der Waals surface area contributed by atoms with Crippen LogP contribution in [-0.2, 0) is 18.4 Å². The summed E-state index contributed by atoms with van der Waals surface area (Å²) >= 11 is 0. The van der Waals surface area contributed by atoms with E-state index in [0.717, 1.165) is 5.56 Å². The van der Waals surface area contributed by atoms with Crippen LogP contribution < -0.4 is 5.56 Å². The molecule has 0 fully saturated rings. The quantitative estimate of drug-likeness (QED) is 0.842.